The number of hydrogen-bond donors (Lipinski definition) is 1. The molecule has 0 bridgehead atoms. The molecular formula is C12H21N3O. The van der Waals surface area contributed by atoms with Crippen LogP contribution in [0.15, 0.2) is 12.4 Å². The van der Waals surface area contributed by atoms with E-state index in [1.807, 2.05) is 19.4 Å². The monoisotopic (exact) mass is 223 g/mol. The molecule has 0 atom stereocenters. The summed E-state index contributed by atoms with van der Waals surface area (Å²) in [5.74, 6) is 0. The third kappa shape index (κ3) is 2.62. The highest BCUT2D eigenvalue weighted by Gasteiger charge is 2.32. The van der Waals surface area contributed by atoms with E-state index in [9.17, 15) is 5.11 Å². The van der Waals surface area contributed by atoms with Gasteiger partial charge in [-0.2, -0.15) is 5.10 Å². The first-order chi connectivity index (χ1) is 7.61. The predicted octanol–water partition coefficient (Wildman–Crippen LogP) is 0.809. The highest BCUT2D eigenvalue weighted by atomic mass is 16.3. The standard InChI is InChI=1S/C12H21N3O/c1-3-15-6-4-12(16,5-7-15)8-11-9-13-14(2)10-11/h9-10,16H,3-8H2,1-2H3. The summed E-state index contributed by atoms with van der Waals surface area (Å²) in [6.07, 6.45) is 6.32. The number of hydrogen-bond acceptors (Lipinski definition) is 3. The fourth-order valence-electron chi connectivity index (χ4n) is 2.41. The van der Waals surface area contributed by atoms with Crippen molar-refractivity contribution in [2.24, 2.45) is 7.05 Å². The Hall–Kier alpha value is -0.870. The zero-order chi connectivity index (χ0) is 11.6. The van der Waals surface area contributed by atoms with Gasteiger partial charge in [0.25, 0.3) is 0 Å². The van der Waals surface area contributed by atoms with Crippen LogP contribution in [0.2, 0.25) is 0 Å². The van der Waals surface area contributed by atoms with Crippen LogP contribution in [-0.4, -0.2) is 45.0 Å². The molecule has 0 radical (unpaired) electrons. The first kappa shape index (κ1) is 11.6. The zero-order valence-electron chi connectivity index (χ0n) is 10.2. The molecule has 1 aliphatic heterocycles. The van der Waals surface area contributed by atoms with Crippen LogP contribution in [0.25, 0.3) is 0 Å². The first-order valence-corrected chi connectivity index (χ1v) is 6.03. The summed E-state index contributed by atoms with van der Waals surface area (Å²) >= 11 is 0. The number of nitrogens with zero attached hydrogens (tertiary/aromatic N) is 3. The Morgan fingerprint density at radius 3 is 2.62 bits per heavy atom. The summed E-state index contributed by atoms with van der Waals surface area (Å²) < 4.78 is 1.79. The summed E-state index contributed by atoms with van der Waals surface area (Å²) in [4.78, 5) is 2.39. The van der Waals surface area contributed by atoms with Gasteiger partial charge in [0.05, 0.1) is 11.8 Å². The second kappa shape index (κ2) is 4.55. The number of piperidine rings is 1. The van der Waals surface area contributed by atoms with E-state index in [0.717, 1.165) is 44.5 Å². The molecule has 1 saturated heterocycles. The maximum absolute atomic E-state index is 10.5. The summed E-state index contributed by atoms with van der Waals surface area (Å²) in [6.45, 7) is 5.27. The Morgan fingerprint density at radius 1 is 1.44 bits per heavy atom. The van der Waals surface area contributed by atoms with E-state index in [2.05, 4.69) is 16.9 Å². The fraction of sp³-hybridized carbons (Fsp3) is 0.750. The van der Waals surface area contributed by atoms with Gasteiger partial charge in [-0.1, -0.05) is 6.92 Å². The Labute approximate surface area is 96.9 Å². The van der Waals surface area contributed by atoms with Crippen LogP contribution in [0.5, 0.6) is 0 Å². The largest absolute Gasteiger partial charge is 0.389 e. The maximum atomic E-state index is 10.5. The lowest BCUT2D eigenvalue weighted by Crippen LogP contribution is -2.45. The number of aryl methyl sites for hydroxylation is 1. The lowest BCUT2D eigenvalue weighted by atomic mass is 9.86. The molecule has 1 aliphatic rings. The predicted molar refractivity (Wildman–Crippen MR) is 63.2 cm³/mol. The summed E-state index contributed by atoms with van der Waals surface area (Å²) in [7, 11) is 1.91. The van der Waals surface area contributed by atoms with Gasteiger partial charge in [-0.3, -0.25) is 4.68 Å². The molecule has 4 heteroatoms. The van der Waals surface area contributed by atoms with E-state index in [1.54, 1.807) is 4.68 Å². The molecule has 1 N–H and O–H groups in total. The van der Waals surface area contributed by atoms with E-state index in [0.29, 0.717) is 0 Å². The van der Waals surface area contributed by atoms with E-state index in [4.69, 9.17) is 0 Å². The minimum absolute atomic E-state index is 0.519. The van der Waals surface area contributed by atoms with Gasteiger partial charge in [-0.15, -0.1) is 0 Å². The Morgan fingerprint density at radius 2 is 2.12 bits per heavy atom. The number of rotatable bonds is 3. The van der Waals surface area contributed by atoms with E-state index >= 15 is 0 Å². The molecule has 0 aromatic carbocycles. The lowest BCUT2D eigenvalue weighted by molar-refractivity contribution is -0.0194. The van der Waals surface area contributed by atoms with Gasteiger partial charge in [-0.25, -0.2) is 0 Å². The number of aromatic nitrogens is 2. The van der Waals surface area contributed by atoms with Crippen LogP contribution in [0.1, 0.15) is 25.3 Å². The van der Waals surface area contributed by atoms with Crippen LogP contribution in [0.4, 0.5) is 0 Å². The number of aliphatic hydroxyl groups is 1. The topological polar surface area (TPSA) is 41.3 Å². The van der Waals surface area contributed by atoms with E-state index in [-0.39, 0.29) is 0 Å². The average Bonchev–Trinajstić information content (AvgIpc) is 2.64. The lowest BCUT2D eigenvalue weighted by Gasteiger charge is -2.37. The summed E-state index contributed by atoms with van der Waals surface area (Å²) in [6, 6.07) is 0. The number of likely N-dealkylation sites (tertiary alicyclic amines) is 1. The van der Waals surface area contributed by atoms with Gasteiger partial charge < -0.3 is 10.0 Å². The van der Waals surface area contributed by atoms with Crippen molar-refractivity contribution in [3.8, 4) is 0 Å². The van der Waals surface area contributed by atoms with Crippen molar-refractivity contribution >= 4 is 0 Å². The van der Waals surface area contributed by atoms with Crippen molar-refractivity contribution in [2.45, 2.75) is 31.8 Å². The smallest absolute Gasteiger partial charge is 0.0713 e. The molecule has 1 fully saturated rings. The molecule has 4 nitrogen and oxygen atoms in total. The Kier molecular flexibility index (Phi) is 3.30. The second-order valence-electron chi connectivity index (χ2n) is 4.86. The highest BCUT2D eigenvalue weighted by Crippen LogP contribution is 2.25. The van der Waals surface area contributed by atoms with Crippen LogP contribution < -0.4 is 0 Å². The molecule has 2 rings (SSSR count). The molecule has 16 heavy (non-hydrogen) atoms. The molecule has 0 unspecified atom stereocenters. The maximum Gasteiger partial charge on any atom is 0.0713 e. The third-order valence-corrected chi connectivity index (χ3v) is 3.53. The SMILES string of the molecule is CCN1CCC(O)(Cc2cnn(C)c2)CC1. The van der Waals surface area contributed by atoms with Gasteiger partial charge in [0.1, 0.15) is 0 Å². The van der Waals surface area contributed by atoms with Gasteiger partial charge >= 0.3 is 0 Å². The molecule has 1 aromatic heterocycles. The van der Waals surface area contributed by atoms with Crippen LogP contribution >= 0.6 is 0 Å². The van der Waals surface area contributed by atoms with Crippen LogP contribution in [0.3, 0.4) is 0 Å². The molecule has 90 valence electrons. The molecule has 0 saturated carbocycles. The summed E-state index contributed by atoms with van der Waals surface area (Å²) in [5, 5.41) is 14.6. The Bertz CT molecular complexity index is 340. The molecule has 0 amide bonds. The minimum atomic E-state index is -0.519. The van der Waals surface area contributed by atoms with Crippen LogP contribution in [-0.2, 0) is 13.5 Å². The first-order valence-electron chi connectivity index (χ1n) is 6.03. The third-order valence-electron chi connectivity index (χ3n) is 3.53. The molecule has 2 heterocycles. The van der Waals surface area contributed by atoms with Crippen molar-refractivity contribution in [1.82, 2.24) is 14.7 Å². The van der Waals surface area contributed by atoms with Gasteiger partial charge in [-0.05, 0) is 24.9 Å². The summed E-state index contributed by atoms with van der Waals surface area (Å²) in [5.41, 5.74) is 0.615. The fourth-order valence-corrected chi connectivity index (χ4v) is 2.41. The van der Waals surface area contributed by atoms with Gasteiger partial charge in [0.15, 0.2) is 0 Å². The van der Waals surface area contributed by atoms with Gasteiger partial charge in [0.2, 0.25) is 0 Å². The van der Waals surface area contributed by atoms with Gasteiger partial charge in [0, 0.05) is 32.8 Å². The molecular weight excluding hydrogens is 202 g/mol. The van der Waals surface area contributed by atoms with E-state index < -0.39 is 5.60 Å². The van der Waals surface area contributed by atoms with E-state index in [1.165, 1.54) is 0 Å². The van der Waals surface area contributed by atoms with Crippen molar-refractivity contribution in [3.05, 3.63) is 18.0 Å². The van der Waals surface area contributed by atoms with Crippen molar-refractivity contribution in [3.63, 3.8) is 0 Å². The molecule has 0 aliphatic carbocycles. The Balaban J connectivity index is 1.94. The van der Waals surface area contributed by atoms with Crippen molar-refractivity contribution in [2.75, 3.05) is 19.6 Å². The minimum Gasteiger partial charge on any atom is -0.389 e. The van der Waals surface area contributed by atoms with Crippen LogP contribution in [0, 0.1) is 0 Å². The zero-order valence-corrected chi connectivity index (χ0v) is 10.2. The van der Waals surface area contributed by atoms with Crippen molar-refractivity contribution in [1.29, 1.82) is 0 Å². The molecule has 1 aromatic rings. The van der Waals surface area contributed by atoms with Crippen molar-refractivity contribution < 1.29 is 5.11 Å². The molecule has 0 spiro atoms. The highest BCUT2D eigenvalue weighted by molar-refractivity contribution is 5.09. The quantitative estimate of drug-likeness (QED) is 0.824. The normalized spacial score (nSPS) is 21.2. The average molecular weight is 223 g/mol. The second-order valence-corrected chi connectivity index (χ2v) is 4.86.